The van der Waals surface area contributed by atoms with Gasteiger partial charge in [-0.3, -0.25) is 4.79 Å². The Morgan fingerprint density at radius 1 is 1.15 bits per heavy atom. The maximum Gasteiger partial charge on any atom is 0.234 e. The molecule has 104 valence electrons. The molecule has 0 atom stereocenters. The predicted octanol–water partition coefficient (Wildman–Crippen LogP) is 1.19. The first-order valence-corrected chi connectivity index (χ1v) is 6.54. The van der Waals surface area contributed by atoms with E-state index in [4.69, 9.17) is 0 Å². The molecule has 0 saturated heterocycles. The summed E-state index contributed by atoms with van der Waals surface area (Å²) in [6, 6.07) is 11.7. The molecule has 0 bridgehead atoms. The van der Waals surface area contributed by atoms with Gasteiger partial charge >= 0.3 is 0 Å². The van der Waals surface area contributed by atoms with E-state index in [2.05, 4.69) is 20.6 Å². The van der Waals surface area contributed by atoms with Gasteiger partial charge in [0.05, 0.1) is 12.2 Å². The van der Waals surface area contributed by atoms with E-state index in [1.165, 1.54) is 0 Å². The van der Waals surface area contributed by atoms with E-state index in [1.54, 1.807) is 6.20 Å². The molecule has 0 aliphatic carbocycles. The maximum atomic E-state index is 11.7. The number of hydrogen-bond acceptors (Lipinski definition) is 4. The van der Waals surface area contributed by atoms with Crippen LogP contribution in [0.5, 0.6) is 0 Å². The van der Waals surface area contributed by atoms with Crippen LogP contribution in [0.3, 0.4) is 0 Å². The van der Waals surface area contributed by atoms with Gasteiger partial charge in [-0.25, -0.2) is 9.97 Å². The summed E-state index contributed by atoms with van der Waals surface area (Å²) >= 11 is 0. The highest BCUT2D eigenvalue weighted by Crippen LogP contribution is 1.97. The Morgan fingerprint density at radius 2 is 1.95 bits per heavy atom. The van der Waals surface area contributed by atoms with Crippen LogP contribution in [0.2, 0.25) is 0 Å². The van der Waals surface area contributed by atoms with E-state index >= 15 is 0 Å². The number of nitrogens with one attached hydrogen (secondary N) is 2. The van der Waals surface area contributed by atoms with Crippen LogP contribution in [0.15, 0.2) is 42.6 Å². The molecule has 1 heterocycles. The van der Waals surface area contributed by atoms with Crippen molar-refractivity contribution in [2.75, 3.05) is 6.54 Å². The van der Waals surface area contributed by atoms with Gasteiger partial charge in [0.1, 0.15) is 5.82 Å². The summed E-state index contributed by atoms with van der Waals surface area (Å²) in [5.74, 6) is 0.706. The zero-order chi connectivity index (χ0) is 14.2. The van der Waals surface area contributed by atoms with Gasteiger partial charge in [0.25, 0.3) is 0 Å². The molecule has 0 fully saturated rings. The van der Waals surface area contributed by atoms with Gasteiger partial charge in [-0.15, -0.1) is 0 Å². The quantitative estimate of drug-likeness (QED) is 0.827. The highest BCUT2D eigenvalue weighted by molar-refractivity contribution is 5.77. The molecule has 2 aromatic rings. The Morgan fingerprint density at radius 3 is 2.70 bits per heavy atom. The Balaban J connectivity index is 1.68. The first kappa shape index (κ1) is 14.1. The molecule has 0 aliphatic rings. The number of rotatable bonds is 6. The van der Waals surface area contributed by atoms with Crippen molar-refractivity contribution >= 4 is 5.91 Å². The summed E-state index contributed by atoms with van der Waals surface area (Å²) in [6.45, 7) is 3.22. The topological polar surface area (TPSA) is 66.9 Å². The zero-order valence-corrected chi connectivity index (χ0v) is 11.5. The summed E-state index contributed by atoms with van der Waals surface area (Å²) in [7, 11) is 0. The van der Waals surface area contributed by atoms with Crippen molar-refractivity contribution in [3.05, 3.63) is 59.7 Å². The molecule has 5 heteroatoms. The van der Waals surface area contributed by atoms with Crippen molar-refractivity contribution in [2.24, 2.45) is 0 Å². The second-order valence-corrected chi connectivity index (χ2v) is 4.46. The zero-order valence-electron chi connectivity index (χ0n) is 11.5. The monoisotopic (exact) mass is 270 g/mol. The lowest BCUT2D eigenvalue weighted by atomic mass is 10.2. The number of hydrogen-bond donors (Lipinski definition) is 2. The molecule has 0 aliphatic heterocycles. The first-order chi connectivity index (χ1) is 9.74. The predicted molar refractivity (Wildman–Crippen MR) is 76.8 cm³/mol. The molecular formula is C15H18N4O. The lowest BCUT2D eigenvalue weighted by Crippen LogP contribution is -2.33. The van der Waals surface area contributed by atoms with Gasteiger partial charge < -0.3 is 10.6 Å². The Bertz CT molecular complexity index is 557. The second-order valence-electron chi connectivity index (χ2n) is 4.46. The van der Waals surface area contributed by atoms with Crippen LogP contribution >= 0.6 is 0 Å². The van der Waals surface area contributed by atoms with Crippen molar-refractivity contribution in [2.45, 2.75) is 20.0 Å². The normalized spacial score (nSPS) is 10.2. The third-order valence-corrected chi connectivity index (χ3v) is 2.76. The van der Waals surface area contributed by atoms with Crippen LogP contribution in [0.25, 0.3) is 0 Å². The average molecular weight is 270 g/mol. The minimum absolute atomic E-state index is 0.0281. The van der Waals surface area contributed by atoms with Crippen LogP contribution in [0, 0.1) is 6.92 Å². The maximum absolute atomic E-state index is 11.7. The second kappa shape index (κ2) is 7.35. The standard InChI is InChI=1S/C15H18N4O/c1-12-17-8-7-14(19-12)10-16-11-15(20)18-9-13-5-3-2-4-6-13/h2-8,16H,9-11H2,1H3,(H,18,20). The molecule has 2 N–H and O–H groups in total. The molecule has 2 rings (SSSR count). The van der Waals surface area contributed by atoms with Gasteiger partial charge in [-0.05, 0) is 18.6 Å². The van der Waals surface area contributed by atoms with Gasteiger partial charge in [0.15, 0.2) is 0 Å². The van der Waals surface area contributed by atoms with E-state index in [0.717, 1.165) is 17.1 Å². The van der Waals surface area contributed by atoms with E-state index < -0.39 is 0 Å². The molecule has 20 heavy (non-hydrogen) atoms. The average Bonchev–Trinajstić information content (AvgIpc) is 2.46. The Hall–Kier alpha value is -2.27. The third-order valence-electron chi connectivity index (χ3n) is 2.76. The van der Waals surface area contributed by atoms with Gasteiger partial charge in [0, 0.05) is 19.3 Å². The molecule has 0 unspecified atom stereocenters. The van der Waals surface area contributed by atoms with Gasteiger partial charge in [-0.2, -0.15) is 0 Å². The molecular weight excluding hydrogens is 252 g/mol. The van der Waals surface area contributed by atoms with Crippen molar-refractivity contribution in [1.82, 2.24) is 20.6 Å². The molecule has 1 aromatic heterocycles. The van der Waals surface area contributed by atoms with Crippen LogP contribution in [-0.4, -0.2) is 22.4 Å². The van der Waals surface area contributed by atoms with Crippen molar-refractivity contribution < 1.29 is 4.79 Å². The molecule has 0 saturated carbocycles. The highest BCUT2D eigenvalue weighted by Gasteiger charge is 2.01. The lowest BCUT2D eigenvalue weighted by Gasteiger charge is -2.07. The Labute approximate surface area is 118 Å². The van der Waals surface area contributed by atoms with E-state index in [0.29, 0.717) is 13.1 Å². The number of nitrogens with zero attached hydrogens (tertiary/aromatic N) is 2. The summed E-state index contributed by atoms with van der Waals surface area (Å²) in [5, 5.41) is 5.93. The summed E-state index contributed by atoms with van der Waals surface area (Å²) in [4.78, 5) is 20.0. The van der Waals surface area contributed by atoms with Crippen LogP contribution in [0.4, 0.5) is 0 Å². The fraction of sp³-hybridized carbons (Fsp3) is 0.267. The largest absolute Gasteiger partial charge is 0.351 e. The van der Waals surface area contributed by atoms with E-state index in [1.807, 2.05) is 43.3 Å². The number of carbonyl (C=O) groups is 1. The van der Waals surface area contributed by atoms with Crippen molar-refractivity contribution in [1.29, 1.82) is 0 Å². The van der Waals surface area contributed by atoms with Crippen LogP contribution in [-0.2, 0) is 17.9 Å². The summed E-state index contributed by atoms with van der Waals surface area (Å²) < 4.78 is 0. The molecule has 1 amide bonds. The van der Waals surface area contributed by atoms with Crippen LogP contribution in [0.1, 0.15) is 17.1 Å². The lowest BCUT2D eigenvalue weighted by molar-refractivity contribution is -0.120. The van der Waals surface area contributed by atoms with Gasteiger partial charge in [-0.1, -0.05) is 30.3 Å². The molecule has 5 nitrogen and oxygen atoms in total. The number of carbonyl (C=O) groups excluding carboxylic acids is 1. The van der Waals surface area contributed by atoms with Crippen molar-refractivity contribution in [3.8, 4) is 0 Å². The van der Waals surface area contributed by atoms with E-state index in [9.17, 15) is 4.79 Å². The van der Waals surface area contributed by atoms with Crippen LogP contribution < -0.4 is 10.6 Å². The SMILES string of the molecule is Cc1nccc(CNCC(=O)NCc2ccccc2)n1. The minimum atomic E-state index is -0.0281. The summed E-state index contributed by atoms with van der Waals surface area (Å²) in [5.41, 5.74) is 1.97. The molecule has 1 aromatic carbocycles. The number of benzene rings is 1. The van der Waals surface area contributed by atoms with E-state index in [-0.39, 0.29) is 12.5 Å². The number of aromatic nitrogens is 2. The fourth-order valence-corrected chi connectivity index (χ4v) is 1.77. The third kappa shape index (κ3) is 4.78. The number of amides is 1. The fourth-order valence-electron chi connectivity index (χ4n) is 1.77. The molecule has 0 radical (unpaired) electrons. The van der Waals surface area contributed by atoms with Crippen molar-refractivity contribution in [3.63, 3.8) is 0 Å². The van der Waals surface area contributed by atoms with Gasteiger partial charge in [0.2, 0.25) is 5.91 Å². The smallest absolute Gasteiger partial charge is 0.234 e. The first-order valence-electron chi connectivity index (χ1n) is 6.54. The summed E-state index contributed by atoms with van der Waals surface area (Å²) in [6.07, 6.45) is 1.72. The number of aryl methyl sites for hydroxylation is 1. The molecule has 0 spiro atoms. The minimum Gasteiger partial charge on any atom is -0.351 e. The Kier molecular flexibility index (Phi) is 5.20. The highest BCUT2D eigenvalue weighted by atomic mass is 16.1.